The van der Waals surface area contributed by atoms with E-state index < -0.39 is 6.04 Å². The smallest absolute Gasteiger partial charge is 0.261 e. The van der Waals surface area contributed by atoms with Crippen LogP contribution in [0.4, 0.5) is 0 Å². The van der Waals surface area contributed by atoms with Crippen LogP contribution >= 0.6 is 11.6 Å². The summed E-state index contributed by atoms with van der Waals surface area (Å²) >= 11 is 6.14. The number of halogens is 1. The quantitative estimate of drug-likeness (QED) is 0.522. The molecular weight excluding hydrogens is 458 g/mol. The number of para-hydroxylation sites is 1. The number of benzene rings is 2. The largest absolute Gasteiger partial charge is 0.497 e. The van der Waals surface area contributed by atoms with E-state index in [9.17, 15) is 9.59 Å². The van der Waals surface area contributed by atoms with E-state index in [4.69, 9.17) is 25.8 Å². The molecule has 1 aliphatic rings. The van der Waals surface area contributed by atoms with E-state index >= 15 is 0 Å². The summed E-state index contributed by atoms with van der Waals surface area (Å²) in [6, 6.07) is 13.7. The van der Waals surface area contributed by atoms with Crippen molar-refractivity contribution < 1.29 is 23.8 Å². The van der Waals surface area contributed by atoms with Gasteiger partial charge in [-0.25, -0.2) is 0 Å². The van der Waals surface area contributed by atoms with Crippen LogP contribution in [-0.2, 0) is 20.9 Å². The minimum Gasteiger partial charge on any atom is -0.497 e. The fourth-order valence-corrected chi connectivity index (χ4v) is 3.79. The molecule has 3 rings (SSSR count). The molecule has 0 saturated carbocycles. The van der Waals surface area contributed by atoms with Crippen LogP contribution in [0.5, 0.6) is 11.5 Å². The Morgan fingerprint density at radius 1 is 1.15 bits per heavy atom. The molecule has 1 atom stereocenters. The summed E-state index contributed by atoms with van der Waals surface area (Å²) in [6.45, 7) is 6.12. The number of rotatable bonds is 11. The zero-order valence-corrected chi connectivity index (χ0v) is 20.4. The van der Waals surface area contributed by atoms with Crippen molar-refractivity contribution in [2.75, 3.05) is 53.1 Å². The second kappa shape index (κ2) is 13.2. The van der Waals surface area contributed by atoms with Gasteiger partial charge in [0, 0.05) is 32.7 Å². The number of ether oxygens (including phenoxy) is 3. The fraction of sp³-hybridized carbons (Fsp3) is 0.440. The van der Waals surface area contributed by atoms with Gasteiger partial charge in [0.25, 0.3) is 5.91 Å². The Balaban J connectivity index is 1.63. The number of carbonyl (C=O) groups excluding carboxylic acids is 2. The molecule has 1 saturated heterocycles. The number of carbonyl (C=O) groups is 2. The van der Waals surface area contributed by atoms with Crippen molar-refractivity contribution in [3.63, 3.8) is 0 Å². The van der Waals surface area contributed by atoms with Crippen molar-refractivity contribution in [2.24, 2.45) is 0 Å². The first-order valence-corrected chi connectivity index (χ1v) is 11.7. The van der Waals surface area contributed by atoms with Crippen LogP contribution < -0.4 is 14.8 Å². The van der Waals surface area contributed by atoms with Gasteiger partial charge in [-0.15, -0.1) is 0 Å². The number of nitrogens with zero attached hydrogens (tertiary/aromatic N) is 2. The highest BCUT2D eigenvalue weighted by Gasteiger charge is 2.27. The molecule has 8 nitrogen and oxygen atoms in total. The molecule has 1 fully saturated rings. The molecule has 2 aromatic rings. The minimum atomic E-state index is -0.686. The van der Waals surface area contributed by atoms with Gasteiger partial charge in [0.2, 0.25) is 5.91 Å². The van der Waals surface area contributed by atoms with Gasteiger partial charge in [0.05, 0.1) is 25.3 Å². The van der Waals surface area contributed by atoms with Gasteiger partial charge >= 0.3 is 0 Å². The van der Waals surface area contributed by atoms with Crippen LogP contribution in [-0.4, -0.2) is 80.8 Å². The van der Waals surface area contributed by atoms with E-state index in [-0.39, 0.29) is 25.0 Å². The maximum atomic E-state index is 13.2. The van der Waals surface area contributed by atoms with Crippen molar-refractivity contribution >= 4 is 23.4 Å². The summed E-state index contributed by atoms with van der Waals surface area (Å²) in [5, 5.41) is 3.38. The molecule has 2 amide bonds. The van der Waals surface area contributed by atoms with Crippen LogP contribution in [0.25, 0.3) is 0 Å². The second-order valence-corrected chi connectivity index (χ2v) is 8.42. The lowest BCUT2D eigenvalue weighted by molar-refractivity contribution is -0.142. The van der Waals surface area contributed by atoms with Crippen LogP contribution in [0.1, 0.15) is 12.5 Å². The van der Waals surface area contributed by atoms with E-state index in [0.717, 1.165) is 30.9 Å². The lowest BCUT2D eigenvalue weighted by Gasteiger charge is -2.30. The number of nitrogens with one attached hydrogen (secondary N) is 1. The number of methoxy groups -OCH3 is 1. The molecule has 1 N–H and O–H groups in total. The highest BCUT2D eigenvalue weighted by atomic mass is 35.5. The first-order valence-electron chi connectivity index (χ1n) is 11.4. The average Bonchev–Trinajstić information content (AvgIpc) is 2.87. The zero-order chi connectivity index (χ0) is 24.3. The molecule has 0 radical (unpaired) electrons. The molecule has 0 aromatic heterocycles. The summed E-state index contributed by atoms with van der Waals surface area (Å²) in [7, 11) is 1.60. The fourth-order valence-electron chi connectivity index (χ4n) is 3.60. The van der Waals surface area contributed by atoms with E-state index in [2.05, 4.69) is 10.2 Å². The summed E-state index contributed by atoms with van der Waals surface area (Å²) in [4.78, 5) is 29.8. The molecule has 1 unspecified atom stereocenters. The minimum absolute atomic E-state index is 0.215. The first kappa shape index (κ1) is 25.8. The summed E-state index contributed by atoms with van der Waals surface area (Å²) in [6.07, 6.45) is 0. The Bertz CT molecular complexity index is 934. The van der Waals surface area contributed by atoms with Gasteiger partial charge in [-0.2, -0.15) is 0 Å². The molecule has 1 aliphatic heterocycles. The molecule has 9 heteroatoms. The van der Waals surface area contributed by atoms with Gasteiger partial charge in [0.1, 0.15) is 17.5 Å². The standard InChI is InChI=1S/C25H32ClN3O5/c1-19(25(31)27-11-12-28-13-15-33-16-14-28)29(17-20-7-9-21(32-2)10-8-20)24(30)18-34-23-6-4-3-5-22(23)26/h3-10,19H,11-18H2,1-2H3,(H,27,31). The van der Waals surface area contributed by atoms with Gasteiger partial charge in [-0.05, 0) is 36.8 Å². The van der Waals surface area contributed by atoms with Crippen molar-refractivity contribution in [2.45, 2.75) is 19.5 Å². The highest BCUT2D eigenvalue weighted by Crippen LogP contribution is 2.23. The normalized spacial score (nSPS) is 14.8. The topological polar surface area (TPSA) is 80.3 Å². The van der Waals surface area contributed by atoms with E-state index in [1.54, 1.807) is 38.3 Å². The summed E-state index contributed by atoms with van der Waals surface area (Å²) in [5.74, 6) is 0.613. The number of hydrogen-bond donors (Lipinski definition) is 1. The van der Waals surface area contributed by atoms with Crippen LogP contribution in [0, 0.1) is 0 Å². The maximum Gasteiger partial charge on any atom is 0.261 e. The Hall–Kier alpha value is -2.81. The van der Waals surface area contributed by atoms with Gasteiger partial charge < -0.3 is 24.4 Å². The monoisotopic (exact) mass is 489 g/mol. The van der Waals surface area contributed by atoms with Crippen molar-refractivity contribution in [3.05, 3.63) is 59.1 Å². The molecule has 0 aliphatic carbocycles. The second-order valence-electron chi connectivity index (χ2n) is 8.01. The first-order chi connectivity index (χ1) is 16.5. The number of hydrogen-bond acceptors (Lipinski definition) is 6. The molecule has 0 spiro atoms. The lowest BCUT2D eigenvalue weighted by Crippen LogP contribution is -2.50. The molecule has 184 valence electrons. The van der Waals surface area contributed by atoms with E-state index in [1.807, 2.05) is 24.3 Å². The molecular formula is C25H32ClN3O5. The van der Waals surface area contributed by atoms with Crippen LogP contribution in [0.3, 0.4) is 0 Å². The van der Waals surface area contributed by atoms with Gasteiger partial charge in [-0.3, -0.25) is 14.5 Å². The van der Waals surface area contributed by atoms with E-state index in [1.165, 1.54) is 4.90 Å². The van der Waals surface area contributed by atoms with Crippen molar-refractivity contribution in [3.8, 4) is 11.5 Å². The predicted octanol–water partition coefficient (Wildman–Crippen LogP) is 2.59. The predicted molar refractivity (Wildman–Crippen MR) is 130 cm³/mol. The highest BCUT2D eigenvalue weighted by molar-refractivity contribution is 6.32. The van der Waals surface area contributed by atoms with Crippen molar-refractivity contribution in [1.82, 2.24) is 15.1 Å². The lowest BCUT2D eigenvalue weighted by atomic mass is 10.1. The van der Waals surface area contributed by atoms with Crippen LogP contribution in [0.2, 0.25) is 5.02 Å². The van der Waals surface area contributed by atoms with Gasteiger partial charge in [-0.1, -0.05) is 35.9 Å². The molecule has 0 bridgehead atoms. The SMILES string of the molecule is COc1ccc(CN(C(=O)COc2ccccc2Cl)C(C)C(=O)NCCN2CCOCC2)cc1. The zero-order valence-electron chi connectivity index (χ0n) is 19.7. The maximum absolute atomic E-state index is 13.2. The van der Waals surface area contributed by atoms with Gasteiger partial charge in [0.15, 0.2) is 6.61 Å². The van der Waals surface area contributed by atoms with Crippen molar-refractivity contribution in [1.29, 1.82) is 0 Å². The summed E-state index contributed by atoms with van der Waals surface area (Å²) < 4.78 is 16.2. The third-order valence-corrected chi connectivity index (χ3v) is 6.01. The Labute approximate surface area is 205 Å². The number of amides is 2. The third-order valence-electron chi connectivity index (χ3n) is 5.70. The molecule has 2 aromatic carbocycles. The Kier molecular flexibility index (Phi) is 10.00. The molecule has 34 heavy (non-hydrogen) atoms. The van der Waals surface area contributed by atoms with Crippen LogP contribution in [0.15, 0.2) is 48.5 Å². The van der Waals surface area contributed by atoms with E-state index in [0.29, 0.717) is 30.5 Å². The Morgan fingerprint density at radius 2 is 1.85 bits per heavy atom. The molecule has 1 heterocycles. The number of morpholine rings is 1. The third kappa shape index (κ3) is 7.62. The Morgan fingerprint density at radius 3 is 2.53 bits per heavy atom. The average molecular weight is 490 g/mol. The summed E-state index contributed by atoms with van der Waals surface area (Å²) in [5.41, 5.74) is 0.875.